The molecule has 0 radical (unpaired) electrons. The molecule has 0 aliphatic heterocycles. The Morgan fingerprint density at radius 1 is 1.09 bits per heavy atom. The van der Waals surface area contributed by atoms with Crippen molar-refractivity contribution in [3.05, 3.63) is 65.5 Å². The number of esters is 1. The van der Waals surface area contributed by atoms with Crippen LogP contribution in [0, 0.1) is 12.8 Å². The van der Waals surface area contributed by atoms with E-state index in [2.05, 4.69) is 15.5 Å². The number of hydrogen-bond acceptors (Lipinski definition) is 7. The molecule has 0 saturated heterocycles. The summed E-state index contributed by atoms with van der Waals surface area (Å²) in [6.45, 7) is 7.79. The van der Waals surface area contributed by atoms with Crippen LogP contribution in [-0.4, -0.2) is 34.7 Å². The van der Waals surface area contributed by atoms with Gasteiger partial charge in [-0.3, -0.25) is 4.79 Å². The minimum atomic E-state index is -0.815. The molecule has 1 heterocycles. The van der Waals surface area contributed by atoms with Crippen LogP contribution in [0.5, 0.6) is 5.75 Å². The second-order valence-electron chi connectivity index (χ2n) is 7.61. The number of aromatic nitrogens is 2. The van der Waals surface area contributed by atoms with Crippen molar-refractivity contribution in [3.63, 3.8) is 0 Å². The highest BCUT2D eigenvalue weighted by Crippen LogP contribution is 2.27. The molecule has 0 unspecified atom stereocenters. The third-order valence-electron chi connectivity index (χ3n) is 4.75. The molecule has 8 nitrogen and oxygen atoms in total. The highest BCUT2D eigenvalue weighted by Gasteiger charge is 2.27. The fourth-order valence-corrected chi connectivity index (χ4v) is 3.01. The average Bonchev–Trinajstić information content (AvgIpc) is 3.25. The molecule has 8 heteroatoms. The molecule has 0 spiro atoms. The van der Waals surface area contributed by atoms with E-state index in [1.807, 2.05) is 64.1 Å². The van der Waals surface area contributed by atoms with Crippen molar-refractivity contribution in [1.82, 2.24) is 15.5 Å². The average molecular weight is 437 g/mol. The van der Waals surface area contributed by atoms with Gasteiger partial charge < -0.3 is 19.3 Å². The zero-order chi connectivity index (χ0) is 23.1. The van der Waals surface area contributed by atoms with Crippen molar-refractivity contribution in [2.75, 3.05) is 6.61 Å². The topological polar surface area (TPSA) is 104 Å². The van der Waals surface area contributed by atoms with Crippen molar-refractivity contribution < 1.29 is 23.6 Å². The van der Waals surface area contributed by atoms with Crippen LogP contribution in [0.2, 0.25) is 0 Å². The number of carbonyl (C=O) groups excluding carboxylic acids is 2. The first kappa shape index (κ1) is 23.0. The van der Waals surface area contributed by atoms with E-state index in [1.54, 1.807) is 12.1 Å². The molecule has 1 atom stereocenters. The Labute approximate surface area is 186 Å². The summed E-state index contributed by atoms with van der Waals surface area (Å²) in [4.78, 5) is 29.5. The number of hydrogen-bond donors (Lipinski definition) is 1. The smallest absolute Gasteiger partial charge is 0.329 e. The van der Waals surface area contributed by atoms with Crippen LogP contribution < -0.4 is 10.1 Å². The van der Waals surface area contributed by atoms with Crippen LogP contribution in [0.3, 0.4) is 0 Å². The normalized spacial score (nSPS) is 11.8. The van der Waals surface area contributed by atoms with Gasteiger partial charge in [0.25, 0.3) is 11.8 Å². The van der Waals surface area contributed by atoms with Crippen molar-refractivity contribution in [2.45, 2.75) is 40.3 Å². The second kappa shape index (κ2) is 10.6. The lowest BCUT2D eigenvalue weighted by atomic mass is 10.0. The molecule has 3 rings (SSSR count). The van der Waals surface area contributed by atoms with Gasteiger partial charge in [-0.05, 0) is 44.0 Å². The van der Waals surface area contributed by atoms with Gasteiger partial charge in [-0.2, -0.15) is 4.98 Å². The lowest BCUT2D eigenvalue weighted by Crippen LogP contribution is -2.45. The number of nitrogens with zero attached hydrogens (tertiary/aromatic N) is 2. The van der Waals surface area contributed by atoms with E-state index >= 15 is 0 Å². The molecule has 168 valence electrons. The van der Waals surface area contributed by atoms with Crippen molar-refractivity contribution in [3.8, 4) is 17.1 Å². The predicted octanol–water partition coefficient (Wildman–Crippen LogP) is 3.94. The van der Waals surface area contributed by atoms with Gasteiger partial charge in [0.2, 0.25) is 5.82 Å². The fraction of sp³-hybridized carbons (Fsp3) is 0.333. The van der Waals surface area contributed by atoms with Crippen molar-refractivity contribution in [1.29, 1.82) is 0 Å². The van der Waals surface area contributed by atoms with Crippen LogP contribution in [0.4, 0.5) is 0 Å². The number of benzene rings is 2. The lowest BCUT2D eigenvalue weighted by Gasteiger charge is -2.20. The molecule has 3 aromatic rings. The van der Waals surface area contributed by atoms with Gasteiger partial charge in [-0.25, -0.2) is 4.79 Å². The van der Waals surface area contributed by atoms with Crippen LogP contribution in [0.25, 0.3) is 11.4 Å². The molecule has 0 aliphatic rings. The Kier molecular flexibility index (Phi) is 7.59. The van der Waals surface area contributed by atoms with Gasteiger partial charge in [-0.1, -0.05) is 48.8 Å². The molecule has 1 aromatic heterocycles. The van der Waals surface area contributed by atoms with E-state index in [-0.39, 0.29) is 24.3 Å². The van der Waals surface area contributed by atoms with E-state index in [1.165, 1.54) is 0 Å². The largest absolute Gasteiger partial charge is 0.493 e. The third kappa shape index (κ3) is 5.72. The van der Waals surface area contributed by atoms with Crippen LogP contribution in [0.1, 0.15) is 42.6 Å². The quantitative estimate of drug-likeness (QED) is 0.506. The zero-order valence-electron chi connectivity index (χ0n) is 18.6. The van der Waals surface area contributed by atoms with Gasteiger partial charge in [0.1, 0.15) is 11.8 Å². The SMILES string of the molecule is CCOc1ccccc1-c1noc(COC(=O)[C@@H](NC(=O)c2ccc(C)cc2)C(C)C)n1. The maximum absolute atomic E-state index is 12.6. The second-order valence-corrected chi connectivity index (χ2v) is 7.61. The molecule has 0 fully saturated rings. The van der Waals surface area contributed by atoms with E-state index in [4.69, 9.17) is 14.0 Å². The van der Waals surface area contributed by atoms with E-state index in [0.717, 1.165) is 5.56 Å². The first-order chi connectivity index (χ1) is 15.4. The summed E-state index contributed by atoms with van der Waals surface area (Å²) in [6, 6.07) is 13.6. The molecule has 32 heavy (non-hydrogen) atoms. The van der Waals surface area contributed by atoms with Crippen molar-refractivity contribution >= 4 is 11.9 Å². The Bertz CT molecular complexity index is 1060. The zero-order valence-corrected chi connectivity index (χ0v) is 18.6. The molecular weight excluding hydrogens is 410 g/mol. The van der Waals surface area contributed by atoms with Gasteiger partial charge in [0.15, 0.2) is 6.61 Å². The summed E-state index contributed by atoms with van der Waals surface area (Å²) >= 11 is 0. The van der Waals surface area contributed by atoms with Gasteiger partial charge in [0.05, 0.1) is 12.2 Å². The monoisotopic (exact) mass is 437 g/mol. The molecule has 1 N–H and O–H groups in total. The molecule has 1 amide bonds. The van der Waals surface area contributed by atoms with Gasteiger partial charge in [-0.15, -0.1) is 0 Å². The number of ether oxygens (including phenoxy) is 2. The molecule has 0 aliphatic carbocycles. The first-order valence-electron chi connectivity index (χ1n) is 10.5. The highest BCUT2D eigenvalue weighted by molar-refractivity contribution is 5.96. The molecule has 0 saturated carbocycles. The summed E-state index contributed by atoms with van der Waals surface area (Å²) in [5.74, 6) is 0.0367. The maximum Gasteiger partial charge on any atom is 0.329 e. The summed E-state index contributed by atoms with van der Waals surface area (Å²) in [6.07, 6.45) is 0. The Morgan fingerprint density at radius 3 is 2.50 bits per heavy atom. The molecule has 2 aromatic carbocycles. The Morgan fingerprint density at radius 2 is 1.81 bits per heavy atom. The van der Waals surface area contributed by atoms with E-state index in [0.29, 0.717) is 29.3 Å². The molecular formula is C24H27N3O5. The summed E-state index contributed by atoms with van der Waals surface area (Å²) in [7, 11) is 0. The van der Waals surface area contributed by atoms with E-state index < -0.39 is 12.0 Å². The lowest BCUT2D eigenvalue weighted by molar-refractivity contribution is -0.149. The number of amides is 1. The third-order valence-corrected chi connectivity index (χ3v) is 4.75. The minimum absolute atomic E-state index is 0.145. The van der Waals surface area contributed by atoms with E-state index in [9.17, 15) is 9.59 Å². The van der Waals surface area contributed by atoms with Crippen LogP contribution in [0.15, 0.2) is 53.1 Å². The minimum Gasteiger partial charge on any atom is -0.493 e. The van der Waals surface area contributed by atoms with Gasteiger partial charge in [0, 0.05) is 5.56 Å². The maximum atomic E-state index is 12.6. The number of aryl methyl sites for hydroxylation is 1. The van der Waals surface area contributed by atoms with Crippen LogP contribution in [-0.2, 0) is 16.1 Å². The summed E-state index contributed by atoms with van der Waals surface area (Å²) in [5, 5.41) is 6.70. The number of para-hydroxylation sites is 1. The predicted molar refractivity (Wildman–Crippen MR) is 118 cm³/mol. The molecule has 0 bridgehead atoms. The Balaban J connectivity index is 1.63. The Hall–Kier alpha value is -3.68. The number of nitrogens with one attached hydrogen (secondary N) is 1. The summed E-state index contributed by atoms with van der Waals surface area (Å²) in [5.41, 5.74) is 2.20. The highest BCUT2D eigenvalue weighted by atomic mass is 16.6. The summed E-state index contributed by atoms with van der Waals surface area (Å²) < 4.78 is 16.2. The number of rotatable bonds is 9. The fourth-order valence-electron chi connectivity index (χ4n) is 3.01. The number of carbonyl (C=O) groups is 2. The standard InChI is InChI=1S/C24H27N3O5/c1-5-30-19-9-7-6-8-18(19)22-25-20(32-27-22)14-31-24(29)21(15(2)3)26-23(28)17-12-10-16(4)11-13-17/h6-13,15,21H,5,14H2,1-4H3,(H,26,28)/t21-/m0/s1. The first-order valence-corrected chi connectivity index (χ1v) is 10.5. The van der Waals surface area contributed by atoms with Gasteiger partial charge >= 0.3 is 5.97 Å². The van der Waals surface area contributed by atoms with Crippen LogP contribution >= 0.6 is 0 Å². The van der Waals surface area contributed by atoms with Crippen molar-refractivity contribution in [2.24, 2.45) is 5.92 Å².